The van der Waals surface area contributed by atoms with E-state index in [2.05, 4.69) is 0 Å². The van der Waals surface area contributed by atoms with Gasteiger partial charge in [0.1, 0.15) is 10.6 Å². The Morgan fingerprint density at radius 3 is 2.58 bits per heavy atom. The SMILES string of the molecule is CC(C)(C)OC(=O)n1ccc2cc(C(N)=S)ccc21. The number of ether oxygens (including phenoxy) is 1. The van der Waals surface area contributed by atoms with Crippen LogP contribution in [0.25, 0.3) is 10.9 Å². The van der Waals surface area contributed by atoms with Crippen LogP contribution < -0.4 is 5.73 Å². The van der Waals surface area contributed by atoms with Crippen LogP contribution in [-0.2, 0) is 4.74 Å². The summed E-state index contributed by atoms with van der Waals surface area (Å²) in [4.78, 5) is 12.4. The molecule has 0 aliphatic rings. The van der Waals surface area contributed by atoms with Crippen molar-refractivity contribution in [2.24, 2.45) is 5.73 Å². The van der Waals surface area contributed by atoms with Crippen molar-refractivity contribution in [3.63, 3.8) is 0 Å². The highest BCUT2D eigenvalue weighted by molar-refractivity contribution is 7.80. The molecule has 5 heteroatoms. The molecule has 0 atom stereocenters. The van der Waals surface area contributed by atoms with Crippen LogP contribution in [0.2, 0.25) is 0 Å². The lowest BCUT2D eigenvalue weighted by Crippen LogP contribution is -2.26. The number of nitrogens with two attached hydrogens (primary N) is 1. The van der Waals surface area contributed by atoms with Gasteiger partial charge in [-0.2, -0.15) is 0 Å². The van der Waals surface area contributed by atoms with Crippen LogP contribution in [0.1, 0.15) is 26.3 Å². The Hall–Kier alpha value is -1.88. The van der Waals surface area contributed by atoms with Gasteiger partial charge in [0.15, 0.2) is 0 Å². The first-order valence-corrected chi connectivity index (χ1v) is 6.33. The van der Waals surface area contributed by atoms with Crippen molar-refractivity contribution in [1.82, 2.24) is 4.57 Å². The van der Waals surface area contributed by atoms with Crippen LogP contribution in [0.15, 0.2) is 30.5 Å². The van der Waals surface area contributed by atoms with E-state index in [1.807, 2.05) is 39.0 Å². The number of thiocarbonyl (C=S) groups is 1. The number of benzene rings is 1. The van der Waals surface area contributed by atoms with E-state index in [0.29, 0.717) is 4.99 Å². The molecule has 0 amide bonds. The second kappa shape index (κ2) is 4.66. The minimum atomic E-state index is -0.521. The van der Waals surface area contributed by atoms with E-state index in [-0.39, 0.29) is 0 Å². The predicted molar refractivity (Wildman–Crippen MR) is 79.5 cm³/mol. The molecule has 4 nitrogen and oxygen atoms in total. The molecule has 0 bridgehead atoms. The van der Waals surface area contributed by atoms with Gasteiger partial charge in [-0.3, -0.25) is 4.57 Å². The molecule has 2 rings (SSSR count). The Morgan fingerprint density at radius 1 is 1.32 bits per heavy atom. The molecule has 0 saturated heterocycles. The smallest absolute Gasteiger partial charge is 0.418 e. The van der Waals surface area contributed by atoms with Crippen molar-refractivity contribution in [2.75, 3.05) is 0 Å². The van der Waals surface area contributed by atoms with E-state index < -0.39 is 11.7 Å². The molecule has 0 fully saturated rings. The molecule has 2 aromatic rings. The zero-order valence-electron chi connectivity index (χ0n) is 11.1. The van der Waals surface area contributed by atoms with Crippen molar-refractivity contribution >= 4 is 34.2 Å². The molecular weight excluding hydrogens is 260 g/mol. The number of carbonyl (C=O) groups excluding carboxylic acids is 1. The molecule has 0 aliphatic carbocycles. The summed E-state index contributed by atoms with van der Waals surface area (Å²) in [6.07, 6.45) is 1.29. The summed E-state index contributed by atoms with van der Waals surface area (Å²) >= 11 is 4.93. The maximum Gasteiger partial charge on any atom is 0.418 e. The Bertz CT molecular complexity index is 653. The number of hydrogen-bond donors (Lipinski definition) is 1. The lowest BCUT2D eigenvalue weighted by molar-refractivity contribution is 0.0544. The van der Waals surface area contributed by atoms with E-state index in [1.54, 1.807) is 12.3 Å². The van der Waals surface area contributed by atoms with Gasteiger partial charge in [-0.25, -0.2) is 4.79 Å². The average molecular weight is 276 g/mol. The quantitative estimate of drug-likeness (QED) is 0.813. The molecule has 0 saturated carbocycles. The predicted octanol–water partition coefficient (Wildman–Crippen LogP) is 3.06. The molecule has 0 unspecified atom stereocenters. The van der Waals surface area contributed by atoms with Crippen molar-refractivity contribution < 1.29 is 9.53 Å². The lowest BCUT2D eigenvalue weighted by Gasteiger charge is -2.19. The summed E-state index contributed by atoms with van der Waals surface area (Å²) in [5, 5.41) is 0.899. The average Bonchev–Trinajstić information content (AvgIpc) is 2.68. The highest BCUT2D eigenvalue weighted by Gasteiger charge is 2.18. The van der Waals surface area contributed by atoms with E-state index in [0.717, 1.165) is 16.5 Å². The van der Waals surface area contributed by atoms with Gasteiger partial charge < -0.3 is 10.5 Å². The molecule has 1 aromatic carbocycles. The molecule has 0 radical (unpaired) electrons. The van der Waals surface area contributed by atoms with Gasteiger partial charge in [0, 0.05) is 17.1 Å². The summed E-state index contributed by atoms with van der Waals surface area (Å²) in [5.41, 5.74) is 6.62. The monoisotopic (exact) mass is 276 g/mol. The molecule has 0 spiro atoms. The fourth-order valence-corrected chi connectivity index (χ4v) is 1.89. The Kier molecular flexibility index (Phi) is 3.32. The maximum absolute atomic E-state index is 12.0. The molecule has 0 aliphatic heterocycles. The van der Waals surface area contributed by atoms with Gasteiger partial charge in [0.2, 0.25) is 0 Å². The van der Waals surface area contributed by atoms with E-state index in [9.17, 15) is 4.79 Å². The van der Waals surface area contributed by atoms with Gasteiger partial charge in [-0.1, -0.05) is 12.2 Å². The second-order valence-electron chi connectivity index (χ2n) is 5.30. The number of aromatic nitrogens is 1. The first-order chi connectivity index (χ1) is 8.78. The minimum Gasteiger partial charge on any atom is -0.443 e. The molecule has 100 valence electrons. The largest absolute Gasteiger partial charge is 0.443 e. The zero-order valence-corrected chi connectivity index (χ0v) is 12.0. The molecule has 19 heavy (non-hydrogen) atoms. The molecule has 1 aromatic heterocycles. The topological polar surface area (TPSA) is 57.2 Å². The van der Waals surface area contributed by atoms with E-state index in [4.69, 9.17) is 22.7 Å². The highest BCUT2D eigenvalue weighted by Crippen LogP contribution is 2.19. The van der Waals surface area contributed by atoms with Crippen LogP contribution in [0.3, 0.4) is 0 Å². The van der Waals surface area contributed by atoms with Crippen LogP contribution >= 0.6 is 12.2 Å². The first kappa shape index (κ1) is 13.5. The summed E-state index contributed by atoms with van der Waals surface area (Å²) in [5.74, 6) is 0. The van der Waals surface area contributed by atoms with Crippen molar-refractivity contribution in [2.45, 2.75) is 26.4 Å². The van der Waals surface area contributed by atoms with Gasteiger partial charge in [0.05, 0.1) is 5.52 Å². The number of hydrogen-bond acceptors (Lipinski definition) is 3. The number of rotatable bonds is 1. The third kappa shape index (κ3) is 2.93. The fraction of sp³-hybridized carbons (Fsp3) is 0.286. The standard InChI is InChI=1S/C14H16N2O2S/c1-14(2,3)18-13(17)16-7-6-9-8-10(12(15)19)4-5-11(9)16/h4-8H,1-3H3,(H2,15,19). The van der Waals surface area contributed by atoms with Crippen LogP contribution in [0, 0.1) is 0 Å². The van der Waals surface area contributed by atoms with Crippen LogP contribution in [0.5, 0.6) is 0 Å². The lowest BCUT2D eigenvalue weighted by atomic mass is 10.1. The first-order valence-electron chi connectivity index (χ1n) is 5.92. The van der Waals surface area contributed by atoms with E-state index in [1.165, 1.54) is 4.57 Å². The highest BCUT2D eigenvalue weighted by atomic mass is 32.1. The minimum absolute atomic E-state index is 0.340. The van der Waals surface area contributed by atoms with Gasteiger partial charge in [-0.05, 0) is 45.0 Å². The number of nitrogens with zero attached hydrogens (tertiary/aromatic N) is 1. The number of fused-ring (bicyclic) bond motifs is 1. The molecular formula is C14H16N2O2S. The summed E-state index contributed by atoms with van der Waals surface area (Å²) in [6, 6.07) is 7.30. The Balaban J connectivity index is 2.41. The third-order valence-electron chi connectivity index (χ3n) is 2.56. The van der Waals surface area contributed by atoms with Crippen molar-refractivity contribution in [3.05, 3.63) is 36.0 Å². The Labute approximate surface area is 117 Å². The fourth-order valence-electron chi connectivity index (χ4n) is 1.77. The van der Waals surface area contributed by atoms with Gasteiger partial charge >= 0.3 is 6.09 Å². The Morgan fingerprint density at radius 2 is 2.00 bits per heavy atom. The summed E-state index contributed by atoms with van der Waals surface area (Å²) in [6.45, 7) is 5.50. The molecule has 2 N–H and O–H groups in total. The van der Waals surface area contributed by atoms with E-state index >= 15 is 0 Å². The summed E-state index contributed by atoms with van der Waals surface area (Å²) < 4.78 is 6.82. The third-order valence-corrected chi connectivity index (χ3v) is 2.80. The number of carbonyl (C=O) groups is 1. The van der Waals surface area contributed by atoms with Crippen LogP contribution in [0.4, 0.5) is 4.79 Å². The summed E-state index contributed by atoms with van der Waals surface area (Å²) in [7, 11) is 0. The van der Waals surface area contributed by atoms with Crippen LogP contribution in [-0.4, -0.2) is 21.2 Å². The normalized spacial score (nSPS) is 11.5. The van der Waals surface area contributed by atoms with Gasteiger partial charge in [0.25, 0.3) is 0 Å². The van der Waals surface area contributed by atoms with Crippen molar-refractivity contribution in [3.8, 4) is 0 Å². The second-order valence-corrected chi connectivity index (χ2v) is 5.74. The van der Waals surface area contributed by atoms with Gasteiger partial charge in [-0.15, -0.1) is 0 Å². The zero-order chi connectivity index (χ0) is 14.2. The maximum atomic E-state index is 12.0. The van der Waals surface area contributed by atoms with Crippen molar-refractivity contribution in [1.29, 1.82) is 0 Å². The molecule has 1 heterocycles.